The molecule has 0 bridgehead atoms. The number of carbonyl (C=O) groups is 2. The van der Waals surface area contributed by atoms with Crippen molar-refractivity contribution in [1.82, 2.24) is 15.1 Å². The maximum atomic E-state index is 12.5. The van der Waals surface area contributed by atoms with Crippen molar-refractivity contribution in [1.29, 1.82) is 0 Å². The molecule has 1 heterocycles. The number of aromatic nitrogens is 2. The van der Waals surface area contributed by atoms with E-state index in [1.165, 1.54) is 4.68 Å². The molecule has 0 radical (unpaired) electrons. The first-order chi connectivity index (χ1) is 14.3. The van der Waals surface area contributed by atoms with Gasteiger partial charge in [0, 0.05) is 5.02 Å². The Labute approximate surface area is 184 Å². The molecule has 1 unspecified atom stereocenters. The number of esters is 1. The summed E-state index contributed by atoms with van der Waals surface area (Å²) in [5.41, 5.74) is 2.49. The summed E-state index contributed by atoms with van der Waals surface area (Å²) in [7, 11) is 0. The summed E-state index contributed by atoms with van der Waals surface area (Å²) in [6, 6.07) is 16.5. The number of hydrogen-bond acceptors (Lipinski definition) is 4. The Morgan fingerprint density at radius 3 is 2.43 bits per heavy atom. The van der Waals surface area contributed by atoms with Gasteiger partial charge in [-0.05, 0) is 37.1 Å². The first-order valence-electron chi connectivity index (χ1n) is 9.34. The average Bonchev–Trinajstić information content (AvgIpc) is 3.00. The molecule has 0 saturated heterocycles. The van der Waals surface area contributed by atoms with Crippen LogP contribution in [0.2, 0.25) is 10.2 Å². The number of carbonyl (C=O) groups excluding carboxylic acids is 2. The highest BCUT2D eigenvalue weighted by molar-refractivity contribution is 6.32. The van der Waals surface area contributed by atoms with Gasteiger partial charge < -0.3 is 10.1 Å². The van der Waals surface area contributed by atoms with E-state index in [4.69, 9.17) is 27.9 Å². The summed E-state index contributed by atoms with van der Waals surface area (Å²) in [5.74, 6) is -1.11. The van der Waals surface area contributed by atoms with E-state index in [2.05, 4.69) is 10.4 Å². The number of nitrogens with zero attached hydrogens (tertiary/aromatic N) is 2. The fourth-order valence-corrected chi connectivity index (χ4v) is 3.40. The van der Waals surface area contributed by atoms with Crippen LogP contribution in [0.3, 0.4) is 0 Å². The highest BCUT2D eigenvalue weighted by Gasteiger charge is 2.23. The second kappa shape index (κ2) is 9.78. The van der Waals surface area contributed by atoms with Gasteiger partial charge in [0.2, 0.25) is 0 Å². The van der Waals surface area contributed by atoms with Gasteiger partial charge in [-0.3, -0.25) is 4.79 Å². The molecule has 3 rings (SSSR count). The summed E-state index contributed by atoms with van der Waals surface area (Å²) in [6.07, 6.45) is 0. The molecule has 2 aromatic carbocycles. The third-order valence-corrected chi connectivity index (χ3v) is 5.16. The number of amides is 1. The van der Waals surface area contributed by atoms with E-state index in [0.29, 0.717) is 17.3 Å². The molecule has 0 aliphatic carbocycles. The van der Waals surface area contributed by atoms with E-state index in [1.807, 2.05) is 49.4 Å². The minimum Gasteiger partial charge on any atom is -0.452 e. The minimum atomic E-state index is -0.689. The largest absolute Gasteiger partial charge is 0.452 e. The van der Waals surface area contributed by atoms with Crippen molar-refractivity contribution in [2.24, 2.45) is 0 Å². The van der Waals surface area contributed by atoms with Crippen LogP contribution in [0.4, 0.5) is 0 Å². The van der Waals surface area contributed by atoms with Crippen LogP contribution in [-0.4, -0.2) is 28.3 Å². The zero-order chi connectivity index (χ0) is 21.7. The summed E-state index contributed by atoms with van der Waals surface area (Å²) in [6.45, 7) is 3.51. The molecular formula is C22H21Cl2N3O3. The Morgan fingerprint density at radius 1 is 1.10 bits per heavy atom. The zero-order valence-electron chi connectivity index (χ0n) is 16.6. The Balaban J connectivity index is 1.59. The van der Waals surface area contributed by atoms with Crippen LogP contribution in [0.5, 0.6) is 0 Å². The van der Waals surface area contributed by atoms with Crippen LogP contribution in [-0.2, 0) is 16.1 Å². The van der Waals surface area contributed by atoms with Crippen LogP contribution in [0, 0.1) is 6.92 Å². The van der Waals surface area contributed by atoms with Gasteiger partial charge in [0.1, 0.15) is 10.7 Å². The molecule has 1 N–H and O–H groups in total. The molecular weight excluding hydrogens is 425 g/mol. The number of hydrogen-bond donors (Lipinski definition) is 1. The first kappa shape index (κ1) is 21.9. The zero-order valence-corrected chi connectivity index (χ0v) is 18.1. The van der Waals surface area contributed by atoms with Gasteiger partial charge in [0.05, 0.1) is 18.3 Å². The predicted molar refractivity (Wildman–Crippen MR) is 116 cm³/mol. The molecule has 1 aromatic heterocycles. The van der Waals surface area contributed by atoms with Crippen LogP contribution in [0.25, 0.3) is 0 Å². The average molecular weight is 446 g/mol. The van der Waals surface area contributed by atoms with E-state index < -0.39 is 18.5 Å². The van der Waals surface area contributed by atoms with Crippen molar-refractivity contribution < 1.29 is 14.3 Å². The van der Waals surface area contributed by atoms with E-state index in [1.54, 1.807) is 19.1 Å². The van der Waals surface area contributed by atoms with Crippen molar-refractivity contribution in [3.63, 3.8) is 0 Å². The molecule has 3 aromatic rings. The summed E-state index contributed by atoms with van der Waals surface area (Å²) in [4.78, 5) is 24.7. The van der Waals surface area contributed by atoms with E-state index in [9.17, 15) is 9.59 Å². The summed E-state index contributed by atoms with van der Waals surface area (Å²) < 4.78 is 6.69. The Bertz CT molecular complexity index is 1030. The van der Waals surface area contributed by atoms with Gasteiger partial charge in [-0.15, -0.1) is 0 Å². The first-order valence-corrected chi connectivity index (χ1v) is 10.1. The Morgan fingerprint density at radius 2 is 1.77 bits per heavy atom. The molecule has 0 saturated carbocycles. The minimum absolute atomic E-state index is 0.158. The number of ether oxygens (including phenoxy) is 1. The fraction of sp³-hybridized carbons (Fsp3) is 0.227. The third-order valence-electron chi connectivity index (χ3n) is 4.53. The lowest BCUT2D eigenvalue weighted by atomic mass is 10.1. The number of halogens is 2. The van der Waals surface area contributed by atoms with E-state index in [-0.39, 0.29) is 16.8 Å². The maximum Gasteiger partial charge on any atom is 0.343 e. The molecule has 6 nitrogen and oxygen atoms in total. The van der Waals surface area contributed by atoms with Crippen molar-refractivity contribution in [2.75, 3.05) is 6.61 Å². The number of aryl methyl sites for hydroxylation is 1. The van der Waals surface area contributed by atoms with Crippen LogP contribution < -0.4 is 5.32 Å². The van der Waals surface area contributed by atoms with Crippen molar-refractivity contribution in [3.8, 4) is 0 Å². The molecule has 0 spiro atoms. The normalized spacial score (nSPS) is 11.7. The highest BCUT2D eigenvalue weighted by atomic mass is 35.5. The lowest BCUT2D eigenvalue weighted by molar-refractivity contribution is -0.124. The predicted octanol–water partition coefficient (Wildman–Crippen LogP) is 4.58. The summed E-state index contributed by atoms with van der Waals surface area (Å²) >= 11 is 12.2. The lowest BCUT2D eigenvalue weighted by Crippen LogP contribution is -2.31. The highest BCUT2D eigenvalue weighted by Crippen LogP contribution is 2.22. The molecule has 156 valence electrons. The number of rotatable bonds is 7. The lowest BCUT2D eigenvalue weighted by Gasteiger charge is -2.14. The number of benzene rings is 2. The van der Waals surface area contributed by atoms with Crippen molar-refractivity contribution in [2.45, 2.75) is 26.4 Å². The standard InChI is InChI=1S/C22H21Cl2N3O3/c1-14(17-8-10-18(23)11-9-17)25-19(28)13-30-22(29)20-15(2)26-27(21(20)24)12-16-6-4-3-5-7-16/h3-11,14H,12-13H2,1-2H3,(H,25,28). The van der Waals surface area contributed by atoms with Crippen LogP contribution in [0.1, 0.15) is 40.1 Å². The Hall–Kier alpha value is -2.83. The van der Waals surface area contributed by atoms with Gasteiger partial charge in [-0.2, -0.15) is 5.10 Å². The quantitative estimate of drug-likeness (QED) is 0.540. The maximum absolute atomic E-state index is 12.5. The fourth-order valence-electron chi connectivity index (χ4n) is 2.97. The second-order valence-corrected chi connectivity index (χ2v) is 7.61. The van der Waals surface area contributed by atoms with Crippen molar-refractivity contribution >= 4 is 35.1 Å². The van der Waals surface area contributed by atoms with Gasteiger partial charge >= 0.3 is 5.97 Å². The SMILES string of the molecule is Cc1nn(Cc2ccccc2)c(Cl)c1C(=O)OCC(=O)NC(C)c1ccc(Cl)cc1. The third kappa shape index (κ3) is 5.40. The van der Waals surface area contributed by atoms with Gasteiger partial charge in [0.15, 0.2) is 6.61 Å². The monoisotopic (exact) mass is 445 g/mol. The molecule has 30 heavy (non-hydrogen) atoms. The molecule has 8 heteroatoms. The van der Waals surface area contributed by atoms with Gasteiger partial charge in [0.25, 0.3) is 5.91 Å². The molecule has 0 fully saturated rings. The van der Waals surface area contributed by atoms with E-state index >= 15 is 0 Å². The number of nitrogens with one attached hydrogen (secondary N) is 1. The molecule has 0 aliphatic rings. The molecule has 0 aliphatic heterocycles. The van der Waals surface area contributed by atoms with Gasteiger partial charge in [-0.1, -0.05) is 65.7 Å². The molecule has 1 amide bonds. The van der Waals surface area contributed by atoms with Crippen LogP contribution >= 0.6 is 23.2 Å². The second-order valence-electron chi connectivity index (χ2n) is 6.81. The van der Waals surface area contributed by atoms with Crippen molar-refractivity contribution in [3.05, 3.63) is 87.2 Å². The van der Waals surface area contributed by atoms with E-state index in [0.717, 1.165) is 11.1 Å². The molecule has 1 atom stereocenters. The smallest absolute Gasteiger partial charge is 0.343 e. The Kier molecular flexibility index (Phi) is 7.13. The van der Waals surface area contributed by atoms with Gasteiger partial charge in [-0.25, -0.2) is 9.48 Å². The van der Waals surface area contributed by atoms with Crippen LogP contribution in [0.15, 0.2) is 54.6 Å². The topological polar surface area (TPSA) is 73.2 Å². The summed E-state index contributed by atoms with van der Waals surface area (Å²) in [5, 5.41) is 7.89.